The van der Waals surface area contributed by atoms with Gasteiger partial charge in [0.15, 0.2) is 0 Å². The van der Waals surface area contributed by atoms with Crippen LogP contribution in [0.4, 0.5) is 0 Å². The fraction of sp³-hybridized carbons (Fsp3) is 0.667. The lowest BCUT2D eigenvalue weighted by Crippen LogP contribution is -2.41. The van der Waals surface area contributed by atoms with Gasteiger partial charge in [-0.2, -0.15) is 0 Å². The van der Waals surface area contributed by atoms with Crippen molar-refractivity contribution in [2.45, 2.75) is 31.8 Å². The second-order valence-corrected chi connectivity index (χ2v) is 5.22. The van der Waals surface area contributed by atoms with Crippen molar-refractivity contribution in [3.63, 3.8) is 0 Å². The van der Waals surface area contributed by atoms with Crippen LogP contribution in [0.5, 0.6) is 5.75 Å². The summed E-state index contributed by atoms with van der Waals surface area (Å²) in [4.78, 5) is 3.64. The van der Waals surface area contributed by atoms with E-state index >= 15 is 0 Å². The molecule has 1 aliphatic heterocycles. The predicted molar refractivity (Wildman–Crippen MR) is 66.0 cm³/mol. The van der Waals surface area contributed by atoms with Crippen molar-refractivity contribution in [1.29, 1.82) is 0 Å². The van der Waals surface area contributed by atoms with Crippen LogP contribution in [0.25, 0.3) is 0 Å². The van der Waals surface area contributed by atoms with Crippen LogP contribution in [-0.2, 0) is 6.54 Å². The third-order valence-electron chi connectivity index (χ3n) is 3.23. The van der Waals surface area contributed by atoms with Gasteiger partial charge < -0.3 is 9.84 Å². The molecule has 1 fully saturated rings. The van der Waals surface area contributed by atoms with Gasteiger partial charge in [0, 0.05) is 12.6 Å². The number of hydrogen-bond donors (Lipinski definition) is 1. The Morgan fingerprint density at radius 1 is 1.56 bits per heavy atom. The molecule has 1 atom stereocenters. The average molecular weight is 241 g/mol. The van der Waals surface area contributed by atoms with Gasteiger partial charge >= 0.3 is 0 Å². The zero-order valence-corrected chi connectivity index (χ0v) is 10.5. The van der Waals surface area contributed by atoms with Crippen LogP contribution in [0.2, 0.25) is 0 Å². The topological polar surface area (TPSA) is 32.7 Å². The Morgan fingerprint density at radius 3 is 3.19 bits per heavy atom. The first-order chi connectivity index (χ1) is 7.85. The molecule has 90 valence electrons. The van der Waals surface area contributed by atoms with Gasteiger partial charge in [-0.3, -0.25) is 4.90 Å². The second kappa shape index (κ2) is 5.66. The molecule has 0 amide bonds. The minimum atomic E-state index is 0.272. The number of nitrogens with zero attached hydrogens (tertiary/aromatic N) is 1. The van der Waals surface area contributed by atoms with Gasteiger partial charge in [0.05, 0.1) is 18.6 Å². The SMILES string of the molecule is COc1ccsc1CN1CCCCC1CO. The van der Waals surface area contributed by atoms with E-state index in [9.17, 15) is 5.11 Å². The van der Waals surface area contributed by atoms with E-state index in [0.717, 1.165) is 25.3 Å². The molecule has 1 unspecified atom stereocenters. The van der Waals surface area contributed by atoms with E-state index in [0.29, 0.717) is 6.04 Å². The Bertz CT molecular complexity index is 327. The zero-order valence-electron chi connectivity index (χ0n) is 9.69. The molecule has 1 N–H and O–H groups in total. The number of piperidine rings is 1. The molecular formula is C12H19NO2S. The van der Waals surface area contributed by atoms with Gasteiger partial charge in [-0.15, -0.1) is 11.3 Å². The predicted octanol–water partition coefficient (Wildman–Crippen LogP) is 2.10. The van der Waals surface area contributed by atoms with Crippen LogP contribution in [-0.4, -0.2) is 36.3 Å². The van der Waals surface area contributed by atoms with E-state index < -0.39 is 0 Å². The lowest BCUT2D eigenvalue weighted by molar-refractivity contribution is 0.0843. The summed E-state index contributed by atoms with van der Waals surface area (Å²) in [5, 5.41) is 11.4. The van der Waals surface area contributed by atoms with E-state index in [-0.39, 0.29) is 6.61 Å². The standard InChI is InChI=1S/C12H19NO2S/c1-15-11-5-7-16-12(11)8-13-6-3-2-4-10(13)9-14/h5,7,10,14H,2-4,6,8-9H2,1H3. The van der Waals surface area contributed by atoms with Gasteiger partial charge in [0.1, 0.15) is 5.75 Å². The lowest BCUT2D eigenvalue weighted by Gasteiger charge is -2.34. The smallest absolute Gasteiger partial charge is 0.134 e. The van der Waals surface area contributed by atoms with Gasteiger partial charge in [-0.1, -0.05) is 6.42 Å². The van der Waals surface area contributed by atoms with Crippen LogP contribution >= 0.6 is 11.3 Å². The van der Waals surface area contributed by atoms with Crippen molar-refractivity contribution in [2.24, 2.45) is 0 Å². The van der Waals surface area contributed by atoms with Crippen LogP contribution in [0.15, 0.2) is 11.4 Å². The van der Waals surface area contributed by atoms with Crippen LogP contribution in [0, 0.1) is 0 Å². The van der Waals surface area contributed by atoms with Crippen molar-refractivity contribution in [3.05, 3.63) is 16.3 Å². The van der Waals surface area contributed by atoms with Gasteiger partial charge in [0.25, 0.3) is 0 Å². The fourth-order valence-corrected chi connectivity index (χ4v) is 3.15. The molecule has 16 heavy (non-hydrogen) atoms. The zero-order chi connectivity index (χ0) is 11.4. The van der Waals surface area contributed by atoms with Gasteiger partial charge in [-0.25, -0.2) is 0 Å². The molecule has 0 bridgehead atoms. The summed E-state index contributed by atoms with van der Waals surface area (Å²) >= 11 is 1.73. The summed E-state index contributed by atoms with van der Waals surface area (Å²) in [6.45, 7) is 2.27. The van der Waals surface area contributed by atoms with Crippen LogP contribution < -0.4 is 4.74 Å². The molecule has 2 heterocycles. The van der Waals surface area contributed by atoms with E-state index in [1.165, 1.54) is 17.7 Å². The Hall–Kier alpha value is -0.580. The normalized spacial score (nSPS) is 22.2. The summed E-state index contributed by atoms with van der Waals surface area (Å²) in [5.41, 5.74) is 0. The van der Waals surface area contributed by atoms with E-state index in [2.05, 4.69) is 10.3 Å². The molecule has 1 aromatic rings. The van der Waals surface area contributed by atoms with Gasteiger partial charge in [-0.05, 0) is 30.8 Å². The van der Waals surface area contributed by atoms with Crippen LogP contribution in [0.1, 0.15) is 24.1 Å². The average Bonchev–Trinajstić information content (AvgIpc) is 2.77. The van der Waals surface area contributed by atoms with Crippen molar-refractivity contribution in [3.8, 4) is 5.75 Å². The maximum absolute atomic E-state index is 9.35. The van der Waals surface area contributed by atoms with E-state index in [1.54, 1.807) is 18.4 Å². The second-order valence-electron chi connectivity index (χ2n) is 4.21. The number of ether oxygens (including phenoxy) is 1. The molecule has 1 aromatic heterocycles. The monoisotopic (exact) mass is 241 g/mol. The lowest BCUT2D eigenvalue weighted by atomic mass is 10.0. The highest BCUT2D eigenvalue weighted by Gasteiger charge is 2.22. The third-order valence-corrected chi connectivity index (χ3v) is 4.12. The summed E-state index contributed by atoms with van der Waals surface area (Å²) in [5.74, 6) is 0.979. The molecule has 1 aliphatic rings. The summed E-state index contributed by atoms with van der Waals surface area (Å²) < 4.78 is 5.32. The van der Waals surface area contributed by atoms with E-state index in [1.807, 2.05) is 6.07 Å². The molecule has 0 spiro atoms. The Balaban J connectivity index is 2.02. The molecule has 0 aromatic carbocycles. The van der Waals surface area contributed by atoms with Crippen LogP contribution in [0.3, 0.4) is 0 Å². The highest BCUT2D eigenvalue weighted by molar-refractivity contribution is 7.10. The molecule has 0 aliphatic carbocycles. The number of methoxy groups -OCH3 is 1. The quantitative estimate of drug-likeness (QED) is 0.876. The molecule has 0 saturated carbocycles. The first-order valence-electron chi connectivity index (χ1n) is 5.80. The Kier molecular flexibility index (Phi) is 4.21. The summed E-state index contributed by atoms with van der Waals surface area (Å²) in [6, 6.07) is 2.35. The summed E-state index contributed by atoms with van der Waals surface area (Å²) in [6.07, 6.45) is 3.59. The maximum Gasteiger partial charge on any atom is 0.134 e. The molecule has 0 radical (unpaired) electrons. The number of aliphatic hydroxyl groups is 1. The first kappa shape index (κ1) is 11.9. The molecule has 2 rings (SSSR count). The highest BCUT2D eigenvalue weighted by Crippen LogP contribution is 2.28. The number of likely N-dealkylation sites (tertiary alicyclic amines) is 1. The largest absolute Gasteiger partial charge is 0.496 e. The molecule has 3 nitrogen and oxygen atoms in total. The van der Waals surface area contributed by atoms with Crippen molar-refractivity contribution in [1.82, 2.24) is 4.90 Å². The number of aliphatic hydroxyl groups excluding tert-OH is 1. The molecule has 1 saturated heterocycles. The number of rotatable bonds is 4. The van der Waals surface area contributed by atoms with E-state index in [4.69, 9.17) is 4.74 Å². The minimum Gasteiger partial charge on any atom is -0.496 e. The first-order valence-corrected chi connectivity index (χ1v) is 6.68. The third kappa shape index (κ3) is 2.56. The summed E-state index contributed by atoms with van der Waals surface area (Å²) in [7, 11) is 1.71. The highest BCUT2D eigenvalue weighted by atomic mass is 32.1. The maximum atomic E-state index is 9.35. The molecule has 4 heteroatoms. The van der Waals surface area contributed by atoms with Crippen molar-refractivity contribution < 1.29 is 9.84 Å². The van der Waals surface area contributed by atoms with Crippen molar-refractivity contribution in [2.75, 3.05) is 20.3 Å². The Labute approximate surface area is 101 Å². The fourth-order valence-electron chi connectivity index (χ4n) is 2.29. The van der Waals surface area contributed by atoms with Crippen molar-refractivity contribution >= 4 is 11.3 Å². The molecular weight excluding hydrogens is 222 g/mol. The number of thiophene rings is 1. The van der Waals surface area contributed by atoms with Gasteiger partial charge in [0.2, 0.25) is 0 Å². The Morgan fingerprint density at radius 2 is 2.44 bits per heavy atom. The minimum absolute atomic E-state index is 0.272. The number of hydrogen-bond acceptors (Lipinski definition) is 4.